The molecule has 104 valence electrons. The highest BCUT2D eigenvalue weighted by Crippen LogP contribution is 2.13. The summed E-state index contributed by atoms with van der Waals surface area (Å²) in [5.74, 6) is -3.07. The van der Waals surface area contributed by atoms with Crippen LogP contribution in [0.5, 0.6) is 5.75 Å². The molecule has 1 nitrogen and oxygen atoms in total. The average molecular weight is 282 g/mol. The molecule has 0 fully saturated rings. The number of rotatable bonds is 3. The number of ether oxygens (including phenoxy) is 1. The van der Waals surface area contributed by atoms with Crippen LogP contribution in [0.25, 0.3) is 0 Å². The van der Waals surface area contributed by atoms with E-state index in [1.165, 1.54) is 20.1 Å². The predicted octanol–water partition coefficient (Wildman–Crippen LogP) is 1.95. The van der Waals surface area contributed by atoms with Crippen molar-refractivity contribution in [3.8, 4) is 5.75 Å². The van der Waals surface area contributed by atoms with Crippen LogP contribution in [0.4, 0.5) is 17.6 Å². The standard InChI is InChI=1S/C14H11BF4O/c1-7-3-9(11(18)6-10(7)17)15-14-12(19)4-8(16)5-13(14)20-2/h3-6,15H,1-2H3. The molecule has 0 aliphatic heterocycles. The molecule has 2 rings (SSSR count). The van der Waals surface area contributed by atoms with E-state index in [0.29, 0.717) is 6.07 Å². The first-order valence-electron chi connectivity index (χ1n) is 5.88. The van der Waals surface area contributed by atoms with Gasteiger partial charge in [0, 0.05) is 18.2 Å². The second-order valence-electron chi connectivity index (χ2n) is 4.44. The lowest BCUT2D eigenvalue weighted by Gasteiger charge is -2.10. The molecule has 0 bridgehead atoms. The van der Waals surface area contributed by atoms with Gasteiger partial charge in [-0.15, -0.1) is 0 Å². The quantitative estimate of drug-likeness (QED) is 0.617. The summed E-state index contributed by atoms with van der Waals surface area (Å²) in [7, 11) is 1.12. The van der Waals surface area contributed by atoms with E-state index in [1.54, 1.807) is 0 Å². The largest absolute Gasteiger partial charge is 0.497 e. The van der Waals surface area contributed by atoms with E-state index in [0.717, 1.165) is 12.1 Å². The summed E-state index contributed by atoms with van der Waals surface area (Å²) >= 11 is 0. The maximum Gasteiger partial charge on any atom is 0.204 e. The van der Waals surface area contributed by atoms with Crippen LogP contribution < -0.4 is 15.7 Å². The normalized spacial score (nSPS) is 10.5. The summed E-state index contributed by atoms with van der Waals surface area (Å²) < 4.78 is 58.6. The minimum absolute atomic E-state index is 0.0103. The Morgan fingerprint density at radius 1 is 0.900 bits per heavy atom. The molecule has 0 saturated heterocycles. The maximum absolute atomic E-state index is 13.8. The van der Waals surface area contributed by atoms with Crippen molar-refractivity contribution in [1.82, 2.24) is 0 Å². The number of aryl methyl sites for hydroxylation is 1. The monoisotopic (exact) mass is 282 g/mol. The van der Waals surface area contributed by atoms with Gasteiger partial charge in [-0.3, -0.25) is 0 Å². The van der Waals surface area contributed by atoms with Crippen LogP contribution >= 0.6 is 0 Å². The van der Waals surface area contributed by atoms with Crippen molar-refractivity contribution in [3.63, 3.8) is 0 Å². The number of methoxy groups -OCH3 is 1. The van der Waals surface area contributed by atoms with Gasteiger partial charge in [0.2, 0.25) is 7.28 Å². The molecule has 0 N–H and O–H groups in total. The van der Waals surface area contributed by atoms with Crippen molar-refractivity contribution < 1.29 is 22.3 Å². The lowest BCUT2D eigenvalue weighted by molar-refractivity contribution is 0.411. The molecule has 0 radical (unpaired) electrons. The molecule has 2 aromatic rings. The molecular weight excluding hydrogens is 271 g/mol. The zero-order chi connectivity index (χ0) is 14.9. The third-order valence-electron chi connectivity index (χ3n) is 3.03. The molecule has 0 saturated carbocycles. The molecule has 0 spiro atoms. The Kier molecular flexibility index (Phi) is 4.02. The van der Waals surface area contributed by atoms with Crippen molar-refractivity contribution in [2.45, 2.75) is 6.92 Å². The SMILES string of the molecule is COc1cc(F)cc(F)c1Bc1cc(C)c(F)cc1F. The van der Waals surface area contributed by atoms with Crippen LogP contribution in [0.3, 0.4) is 0 Å². The van der Waals surface area contributed by atoms with Crippen molar-refractivity contribution in [2.24, 2.45) is 0 Å². The highest BCUT2D eigenvalue weighted by Gasteiger charge is 2.17. The van der Waals surface area contributed by atoms with E-state index in [1.807, 2.05) is 0 Å². The fourth-order valence-electron chi connectivity index (χ4n) is 1.98. The van der Waals surface area contributed by atoms with Crippen LogP contribution in [0, 0.1) is 30.2 Å². The Labute approximate surface area is 114 Å². The number of halogens is 4. The molecule has 0 aromatic heterocycles. The summed E-state index contributed by atoms with van der Waals surface area (Å²) in [6.07, 6.45) is 0. The van der Waals surface area contributed by atoms with E-state index in [4.69, 9.17) is 4.74 Å². The van der Waals surface area contributed by atoms with Gasteiger partial charge in [0.1, 0.15) is 29.0 Å². The third kappa shape index (κ3) is 2.79. The summed E-state index contributed by atoms with van der Waals surface area (Å²) in [5, 5.41) is 0. The van der Waals surface area contributed by atoms with Gasteiger partial charge in [-0.25, -0.2) is 17.6 Å². The van der Waals surface area contributed by atoms with Gasteiger partial charge in [0.25, 0.3) is 0 Å². The molecule has 0 aliphatic carbocycles. The summed E-state index contributed by atoms with van der Waals surface area (Å²) in [6.45, 7) is 1.48. The van der Waals surface area contributed by atoms with Gasteiger partial charge in [0.05, 0.1) is 7.11 Å². The topological polar surface area (TPSA) is 9.23 Å². The van der Waals surface area contributed by atoms with Gasteiger partial charge in [0.15, 0.2) is 0 Å². The van der Waals surface area contributed by atoms with Crippen molar-refractivity contribution >= 4 is 18.2 Å². The fourth-order valence-corrected chi connectivity index (χ4v) is 1.98. The number of hydrogen-bond acceptors (Lipinski definition) is 1. The minimum Gasteiger partial charge on any atom is -0.497 e. The molecular formula is C14H11BF4O. The Morgan fingerprint density at radius 3 is 2.25 bits per heavy atom. The minimum atomic E-state index is -0.830. The number of hydrogen-bond donors (Lipinski definition) is 0. The zero-order valence-electron chi connectivity index (χ0n) is 10.9. The molecule has 0 atom stereocenters. The molecule has 0 amide bonds. The van der Waals surface area contributed by atoms with Gasteiger partial charge in [-0.05, 0) is 23.4 Å². The smallest absolute Gasteiger partial charge is 0.204 e. The van der Waals surface area contributed by atoms with Gasteiger partial charge in [-0.1, -0.05) is 6.07 Å². The second kappa shape index (κ2) is 5.57. The summed E-state index contributed by atoms with van der Waals surface area (Å²) in [6, 6.07) is 3.77. The highest BCUT2D eigenvalue weighted by atomic mass is 19.1. The van der Waals surface area contributed by atoms with Gasteiger partial charge < -0.3 is 4.74 Å². The molecule has 20 heavy (non-hydrogen) atoms. The molecule has 0 aliphatic rings. The van der Waals surface area contributed by atoms with E-state index in [2.05, 4.69) is 0 Å². The predicted molar refractivity (Wildman–Crippen MR) is 70.4 cm³/mol. The lowest BCUT2D eigenvalue weighted by atomic mass is 9.62. The van der Waals surface area contributed by atoms with Crippen molar-refractivity contribution in [3.05, 3.63) is 53.1 Å². The zero-order valence-corrected chi connectivity index (χ0v) is 10.9. The van der Waals surface area contributed by atoms with Crippen LogP contribution in [-0.4, -0.2) is 14.4 Å². The van der Waals surface area contributed by atoms with Crippen LogP contribution in [-0.2, 0) is 0 Å². The van der Waals surface area contributed by atoms with Gasteiger partial charge in [-0.2, -0.15) is 0 Å². The molecule has 0 unspecified atom stereocenters. The average Bonchev–Trinajstić information content (AvgIpc) is 2.38. The Balaban J connectivity index is 2.47. The van der Waals surface area contributed by atoms with E-state index in [9.17, 15) is 17.6 Å². The van der Waals surface area contributed by atoms with Crippen molar-refractivity contribution in [1.29, 1.82) is 0 Å². The summed E-state index contributed by atoms with van der Waals surface area (Å²) in [4.78, 5) is 0. The van der Waals surface area contributed by atoms with Crippen molar-refractivity contribution in [2.75, 3.05) is 7.11 Å². The van der Waals surface area contributed by atoms with Gasteiger partial charge >= 0.3 is 0 Å². The van der Waals surface area contributed by atoms with E-state index >= 15 is 0 Å². The van der Waals surface area contributed by atoms with Crippen LogP contribution in [0.15, 0.2) is 24.3 Å². The summed E-state index contributed by atoms with van der Waals surface area (Å²) in [5.41, 5.74) is 0.398. The molecule has 2 aromatic carbocycles. The first-order valence-corrected chi connectivity index (χ1v) is 5.88. The van der Waals surface area contributed by atoms with E-state index in [-0.39, 0.29) is 29.5 Å². The van der Waals surface area contributed by atoms with Crippen LogP contribution in [0.1, 0.15) is 5.56 Å². The molecule has 0 heterocycles. The fraction of sp³-hybridized carbons (Fsp3) is 0.143. The Morgan fingerprint density at radius 2 is 1.60 bits per heavy atom. The van der Waals surface area contributed by atoms with E-state index < -0.39 is 23.3 Å². The Hall–Kier alpha value is -1.98. The molecule has 6 heteroatoms. The highest BCUT2D eigenvalue weighted by molar-refractivity contribution is 6.68. The first-order chi connectivity index (χ1) is 9.42. The maximum atomic E-state index is 13.8. The first kappa shape index (κ1) is 14.4. The number of benzene rings is 2. The lowest BCUT2D eigenvalue weighted by Crippen LogP contribution is -2.33. The third-order valence-corrected chi connectivity index (χ3v) is 3.03. The Bertz CT molecular complexity index is 658. The van der Waals surface area contributed by atoms with Crippen LogP contribution in [0.2, 0.25) is 0 Å². The second-order valence-corrected chi connectivity index (χ2v) is 4.44.